The molecule has 0 aromatic carbocycles. The molecule has 1 aromatic heterocycles. The molecule has 1 saturated carbocycles. The normalized spacial score (nSPS) is 20.6. The zero-order chi connectivity index (χ0) is 13.3. The summed E-state index contributed by atoms with van der Waals surface area (Å²) in [6.45, 7) is 4.23. The number of aromatic nitrogens is 2. The molecule has 1 heterocycles. The second-order valence-electron chi connectivity index (χ2n) is 5.37. The number of rotatable bonds is 4. The van der Waals surface area contributed by atoms with E-state index in [1.165, 1.54) is 12.8 Å². The first-order chi connectivity index (χ1) is 8.52. The van der Waals surface area contributed by atoms with Gasteiger partial charge < -0.3 is 10.5 Å². The van der Waals surface area contributed by atoms with Gasteiger partial charge in [-0.25, -0.2) is 0 Å². The number of hydrogen-bond acceptors (Lipinski definition) is 3. The first-order valence-electron chi connectivity index (χ1n) is 6.55. The second-order valence-corrected chi connectivity index (χ2v) is 6.22. The second kappa shape index (κ2) is 5.31. The Morgan fingerprint density at radius 1 is 1.44 bits per heavy atom. The fourth-order valence-corrected chi connectivity index (χ4v) is 3.44. The molecule has 1 aliphatic carbocycles. The Morgan fingerprint density at radius 3 is 2.56 bits per heavy atom. The summed E-state index contributed by atoms with van der Waals surface area (Å²) in [5.74, 6) is 0. The molecule has 0 saturated heterocycles. The highest BCUT2D eigenvalue weighted by Gasteiger charge is 2.42. The Labute approximate surface area is 117 Å². The lowest BCUT2D eigenvalue weighted by atomic mass is 9.90. The van der Waals surface area contributed by atoms with Crippen molar-refractivity contribution in [3.05, 3.63) is 16.4 Å². The maximum Gasteiger partial charge on any atom is 0.0886 e. The predicted molar refractivity (Wildman–Crippen MR) is 75.4 cm³/mol. The predicted octanol–water partition coefficient (Wildman–Crippen LogP) is 3.19. The summed E-state index contributed by atoms with van der Waals surface area (Å²) in [5, 5.41) is 4.41. The van der Waals surface area contributed by atoms with Gasteiger partial charge in [0.15, 0.2) is 0 Å². The van der Waals surface area contributed by atoms with Crippen LogP contribution < -0.4 is 5.73 Å². The van der Waals surface area contributed by atoms with Gasteiger partial charge in [0.1, 0.15) is 0 Å². The number of nitrogens with zero attached hydrogens (tertiary/aromatic N) is 2. The zero-order valence-electron chi connectivity index (χ0n) is 11.3. The van der Waals surface area contributed by atoms with E-state index in [2.05, 4.69) is 34.9 Å². The Kier molecular flexibility index (Phi) is 4.14. The first-order valence-corrected chi connectivity index (χ1v) is 7.35. The summed E-state index contributed by atoms with van der Waals surface area (Å²) in [6, 6.07) is 0.164. The lowest BCUT2D eigenvalue weighted by Crippen LogP contribution is -2.42. The van der Waals surface area contributed by atoms with Crippen LogP contribution in [0.1, 0.15) is 57.3 Å². The van der Waals surface area contributed by atoms with Crippen LogP contribution in [0, 0.1) is 0 Å². The Balaban J connectivity index is 2.38. The van der Waals surface area contributed by atoms with Crippen molar-refractivity contribution >= 4 is 15.9 Å². The van der Waals surface area contributed by atoms with E-state index in [9.17, 15) is 0 Å². The lowest BCUT2D eigenvalue weighted by Gasteiger charge is -2.34. The largest absolute Gasteiger partial charge is 0.376 e. The molecule has 0 aliphatic heterocycles. The summed E-state index contributed by atoms with van der Waals surface area (Å²) < 4.78 is 8.76. The van der Waals surface area contributed by atoms with Gasteiger partial charge in [-0.3, -0.25) is 4.68 Å². The number of hydrogen-bond donors (Lipinski definition) is 1. The molecule has 0 bridgehead atoms. The number of methoxy groups -OCH3 is 1. The van der Waals surface area contributed by atoms with E-state index in [4.69, 9.17) is 10.5 Å². The highest BCUT2D eigenvalue weighted by Crippen LogP contribution is 2.43. The van der Waals surface area contributed by atoms with Crippen LogP contribution >= 0.6 is 15.9 Å². The molecule has 1 aliphatic rings. The van der Waals surface area contributed by atoms with E-state index < -0.39 is 0 Å². The minimum atomic E-state index is -0.227. The minimum Gasteiger partial charge on any atom is -0.376 e. The fourth-order valence-electron chi connectivity index (χ4n) is 2.92. The Hall–Kier alpha value is -0.390. The van der Waals surface area contributed by atoms with Gasteiger partial charge >= 0.3 is 0 Å². The van der Waals surface area contributed by atoms with Crippen molar-refractivity contribution in [1.29, 1.82) is 0 Å². The van der Waals surface area contributed by atoms with Crippen molar-refractivity contribution in [2.75, 3.05) is 7.11 Å². The maximum absolute atomic E-state index is 6.51. The third kappa shape index (κ3) is 2.24. The average molecular weight is 316 g/mol. The molecule has 0 radical (unpaired) electrons. The van der Waals surface area contributed by atoms with Crippen molar-refractivity contribution in [3.63, 3.8) is 0 Å². The van der Waals surface area contributed by atoms with Gasteiger partial charge in [-0.15, -0.1) is 0 Å². The van der Waals surface area contributed by atoms with Crippen molar-refractivity contribution < 1.29 is 4.74 Å². The smallest absolute Gasteiger partial charge is 0.0886 e. The SMILES string of the molecule is COC1(C(N)c2c(Br)cnn2C(C)C)CCCC1. The van der Waals surface area contributed by atoms with Gasteiger partial charge in [0, 0.05) is 13.2 Å². The van der Waals surface area contributed by atoms with Gasteiger partial charge in [-0.1, -0.05) is 12.8 Å². The summed E-state index contributed by atoms with van der Waals surface area (Å²) in [4.78, 5) is 0. The molecule has 18 heavy (non-hydrogen) atoms. The number of ether oxygens (including phenoxy) is 1. The van der Waals surface area contributed by atoms with Crippen LogP contribution in [-0.2, 0) is 4.74 Å². The fraction of sp³-hybridized carbons (Fsp3) is 0.769. The molecular formula is C13H22BrN3O. The molecule has 2 rings (SSSR count). The minimum absolute atomic E-state index is 0.135. The summed E-state index contributed by atoms with van der Waals surface area (Å²) in [6.07, 6.45) is 6.26. The van der Waals surface area contributed by atoms with Crippen LogP contribution in [-0.4, -0.2) is 22.5 Å². The third-order valence-corrected chi connectivity index (χ3v) is 4.60. The molecular weight excluding hydrogens is 294 g/mol. The lowest BCUT2D eigenvalue weighted by molar-refractivity contribution is -0.0288. The van der Waals surface area contributed by atoms with E-state index in [0.29, 0.717) is 6.04 Å². The van der Waals surface area contributed by atoms with Crippen LogP contribution in [0.2, 0.25) is 0 Å². The van der Waals surface area contributed by atoms with Crippen LogP contribution in [0.5, 0.6) is 0 Å². The molecule has 1 aromatic rings. The van der Waals surface area contributed by atoms with Gasteiger partial charge in [0.25, 0.3) is 0 Å². The van der Waals surface area contributed by atoms with Crippen LogP contribution in [0.15, 0.2) is 10.7 Å². The van der Waals surface area contributed by atoms with Crippen molar-refractivity contribution in [3.8, 4) is 0 Å². The van der Waals surface area contributed by atoms with Gasteiger partial charge in [-0.2, -0.15) is 5.10 Å². The summed E-state index contributed by atoms with van der Waals surface area (Å²) >= 11 is 3.57. The monoisotopic (exact) mass is 315 g/mol. The topological polar surface area (TPSA) is 53.1 Å². The van der Waals surface area contributed by atoms with Crippen LogP contribution in [0.3, 0.4) is 0 Å². The van der Waals surface area contributed by atoms with E-state index in [-0.39, 0.29) is 11.6 Å². The molecule has 0 spiro atoms. The quantitative estimate of drug-likeness (QED) is 0.928. The van der Waals surface area contributed by atoms with Crippen molar-refractivity contribution in [2.24, 2.45) is 5.73 Å². The van der Waals surface area contributed by atoms with Crippen molar-refractivity contribution in [1.82, 2.24) is 9.78 Å². The van der Waals surface area contributed by atoms with Gasteiger partial charge in [0.05, 0.1) is 28.0 Å². The van der Waals surface area contributed by atoms with E-state index >= 15 is 0 Å². The third-order valence-electron chi connectivity index (χ3n) is 3.99. The molecule has 0 amide bonds. The van der Waals surface area contributed by atoms with Gasteiger partial charge in [-0.05, 0) is 42.6 Å². The average Bonchev–Trinajstić information content (AvgIpc) is 2.95. The Bertz CT molecular complexity index is 410. The number of nitrogens with two attached hydrogens (primary N) is 1. The standard InChI is InChI=1S/C13H22BrN3O/c1-9(2)17-11(10(14)8-16-17)12(15)13(18-3)6-4-5-7-13/h8-9,12H,4-7,15H2,1-3H3. The summed E-state index contributed by atoms with van der Waals surface area (Å²) in [5.41, 5.74) is 7.34. The zero-order valence-corrected chi connectivity index (χ0v) is 12.9. The molecule has 1 atom stereocenters. The number of halogens is 1. The van der Waals surface area contributed by atoms with E-state index in [1.54, 1.807) is 7.11 Å². The Morgan fingerprint density at radius 2 is 2.06 bits per heavy atom. The van der Waals surface area contributed by atoms with E-state index in [1.807, 2.05) is 10.9 Å². The first kappa shape index (κ1) is 14.0. The molecule has 1 fully saturated rings. The molecule has 102 valence electrons. The van der Waals surface area contributed by atoms with Crippen molar-refractivity contribution in [2.45, 2.75) is 57.2 Å². The molecule has 5 heteroatoms. The maximum atomic E-state index is 6.51. The van der Waals surface area contributed by atoms with Gasteiger partial charge in [0.2, 0.25) is 0 Å². The van der Waals surface area contributed by atoms with Crippen LogP contribution in [0.25, 0.3) is 0 Å². The van der Waals surface area contributed by atoms with E-state index in [0.717, 1.165) is 23.0 Å². The molecule has 2 N–H and O–H groups in total. The van der Waals surface area contributed by atoms with Crippen LogP contribution in [0.4, 0.5) is 0 Å². The summed E-state index contributed by atoms with van der Waals surface area (Å²) in [7, 11) is 1.77. The molecule has 4 nitrogen and oxygen atoms in total. The molecule has 1 unspecified atom stereocenters. The highest BCUT2D eigenvalue weighted by molar-refractivity contribution is 9.10. The highest BCUT2D eigenvalue weighted by atomic mass is 79.9.